The van der Waals surface area contributed by atoms with Gasteiger partial charge in [0.25, 0.3) is 10.0 Å². The minimum atomic E-state index is -4.16. The number of hydrogen-bond acceptors (Lipinski definition) is 5. The summed E-state index contributed by atoms with van der Waals surface area (Å²) in [6, 6.07) is 7.71. The molecule has 0 spiro atoms. The van der Waals surface area contributed by atoms with E-state index < -0.39 is 16.1 Å². The molecule has 3 rings (SSSR count). The van der Waals surface area contributed by atoms with Crippen LogP contribution < -0.4 is 4.72 Å². The summed E-state index contributed by atoms with van der Waals surface area (Å²) in [5.41, 5.74) is 3.29. The lowest BCUT2D eigenvalue weighted by atomic mass is 9.99. The van der Waals surface area contributed by atoms with Crippen LogP contribution >= 0.6 is 11.3 Å². The minimum Gasteiger partial charge on any atom is -0.464 e. The standard InChI is InChI=1S/C20H23N3O4S2/c1-13(2)8-16-10-18(19(28-16)29(26,27)22-20(24)25)17-5-4-15(9-14(17)3)11-23-7-6-21-12-23/h4-7,9-10,12-13,22H,8,11H2,1-3H3,(H,24,25). The number of sulfonamides is 1. The Morgan fingerprint density at radius 3 is 2.62 bits per heavy atom. The predicted molar refractivity (Wildman–Crippen MR) is 113 cm³/mol. The summed E-state index contributed by atoms with van der Waals surface area (Å²) in [4.78, 5) is 15.9. The van der Waals surface area contributed by atoms with E-state index in [2.05, 4.69) is 18.8 Å². The normalized spacial score (nSPS) is 11.7. The number of carbonyl (C=O) groups is 1. The molecule has 2 heterocycles. The zero-order valence-electron chi connectivity index (χ0n) is 16.4. The number of aromatic nitrogens is 2. The molecule has 0 radical (unpaired) electrons. The van der Waals surface area contributed by atoms with Gasteiger partial charge in [-0.3, -0.25) is 0 Å². The predicted octanol–water partition coefficient (Wildman–Crippen LogP) is 4.12. The van der Waals surface area contributed by atoms with Crippen LogP contribution in [0.2, 0.25) is 0 Å². The maximum atomic E-state index is 12.6. The van der Waals surface area contributed by atoms with E-state index in [4.69, 9.17) is 5.11 Å². The van der Waals surface area contributed by atoms with Crippen molar-refractivity contribution in [1.82, 2.24) is 14.3 Å². The van der Waals surface area contributed by atoms with Crippen molar-refractivity contribution < 1.29 is 18.3 Å². The summed E-state index contributed by atoms with van der Waals surface area (Å²) in [5.74, 6) is 0.350. The number of nitrogens with zero attached hydrogens (tertiary/aromatic N) is 2. The van der Waals surface area contributed by atoms with Gasteiger partial charge in [0, 0.05) is 29.4 Å². The topological polar surface area (TPSA) is 101 Å². The van der Waals surface area contributed by atoms with Crippen molar-refractivity contribution in [3.05, 3.63) is 59.0 Å². The van der Waals surface area contributed by atoms with Crippen LogP contribution in [0.3, 0.4) is 0 Å². The molecule has 2 aromatic heterocycles. The lowest BCUT2D eigenvalue weighted by Gasteiger charge is -2.10. The van der Waals surface area contributed by atoms with Crippen LogP contribution in [-0.4, -0.2) is 29.2 Å². The van der Waals surface area contributed by atoms with Crippen molar-refractivity contribution in [3.63, 3.8) is 0 Å². The summed E-state index contributed by atoms with van der Waals surface area (Å²) in [6.45, 7) is 6.70. The molecule has 154 valence electrons. The lowest BCUT2D eigenvalue weighted by Crippen LogP contribution is -2.28. The molecular weight excluding hydrogens is 410 g/mol. The molecule has 0 atom stereocenters. The third-order valence-electron chi connectivity index (χ3n) is 4.33. The molecule has 0 saturated carbocycles. The van der Waals surface area contributed by atoms with Gasteiger partial charge in [0.1, 0.15) is 4.21 Å². The van der Waals surface area contributed by atoms with Gasteiger partial charge in [-0.1, -0.05) is 32.0 Å². The van der Waals surface area contributed by atoms with Crippen LogP contribution in [0, 0.1) is 12.8 Å². The van der Waals surface area contributed by atoms with E-state index in [-0.39, 0.29) is 4.21 Å². The van der Waals surface area contributed by atoms with E-state index in [1.807, 2.05) is 42.0 Å². The van der Waals surface area contributed by atoms with Gasteiger partial charge in [-0.15, -0.1) is 11.3 Å². The number of aryl methyl sites for hydroxylation is 1. The second-order valence-corrected chi connectivity index (χ2v) is 10.3. The van der Waals surface area contributed by atoms with E-state index in [9.17, 15) is 13.2 Å². The summed E-state index contributed by atoms with van der Waals surface area (Å²) in [6.07, 6.45) is 4.46. The summed E-state index contributed by atoms with van der Waals surface area (Å²) < 4.78 is 28.9. The molecule has 0 aliphatic heterocycles. The van der Waals surface area contributed by atoms with E-state index in [1.54, 1.807) is 17.2 Å². The fraction of sp³-hybridized carbons (Fsp3) is 0.300. The highest BCUT2D eigenvalue weighted by Crippen LogP contribution is 2.38. The number of benzene rings is 1. The molecule has 3 aromatic rings. The largest absolute Gasteiger partial charge is 0.464 e. The average molecular weight is 434 g/mol. The second-order valence-electron chi connectivity index (χ2n) is 7.31. The van der Waals surface area contributed by atoms with Crippen molar-refractivity contribution in [1.29, 1.82) is 0 Å². The molecule has 0 fully saturated rings. The molecule has 0 aliphatic rings. The fourth-order valence-electron chi connectivity index (χ4n) is 3.19. The highest BCUT2D eigenvalue weighted by atomic mass is 32.2. The molecule has 0 aliphatic carbocycles. The molecule has 29 heavy (non-hydrogen) atoms. The van der Waals surface area contributed by atoms with E-state index in [1.165, 1.54) is 0 Å². The fourth-order valence-corrected chi connectivity index (χ4v) is 5.97. The van der Waals surface area contributed by atoms with Crippen LogP contribution in [-0.2, 0) is 23.0 Å². The Kier molecular flexibility index (Phi) is 6.09. The molecule has 2 N–H and O–H groups in total. The monoisotopic (exact) mass is 433 g/mol. The van der Waals surface area contributed by atoms with Gasteiger partial charge in [-0.25, -0.2) is 22.9 Å². The van der Waals surface area contributed by atoms with Crippen LogP contribution in [0.1, 0.15) is 29.9 Å². The maximum absolute atomic E-state index is 12.6. The van der Waals surface area contributed by atoms with E-state index in [0.29, 0.717) is 18.0 Å². The number of nitrogens with one attached hydrogen (secondary N) is 1. The van der Waals surface area contributed by atoms with Gasteiger partial charge in [-0.2, -0.15) is 0 Å². The second kappa shape index (κ2) is 8.38. The first-order chi connectivity index (χ1) is 13.7. The quantitative estimate of drug-likeness (QED) is 0.584. The molecule has 7 nitrogen and oxygen atoms in total. The molecular formula is C20H23N3O4S2. The van der Waals surface area contributed by atoms with Gasteiger partial charge in [0.15, 0.2) is 0 Å². The maximum Gasteiger partial charge on any atom is 0.418 e. The van der Waals surface area contributed by atoms with Crippen LogP contribution in [0.15, 0.2) is 47.2 Å². The van der Waals surface area contributed by atoms with Crippen molar-refractivity contribution in [2.45, 2.75) is 37.9 Å². The third-order valence-corrected chi connectivity index (χ3v) is 7.34. The van der Waals surface area contributed by atoms with E-state index >= 15 is 0 Å². The smallest absolute Gasteiger partial charge is 0.418 e. The SMILES string of the molecule is Cc1cc(Cn2ccnc2)ccc1-c1cc(CC(C)C)sc1S(=O)(=O)NC(=O)O. The van der Waals surface area contributed by atoms with Gasteiger partial charge >= 0.3 is 6.09 Å². The number of imidazole rings is 1. The number of hydrogen-bond donors (Lipinski definition) is 2. The third kappa shape index (κ3) is 5.04. The lowest BCUT2D eigenvalue weighted by molar-refractivity contribution is 0.201. The molecule has 1 aromatic carbocycles. The van der Waals surface area contributed by atoms with Crippen LogP contribution in [0.25, 0.3) is 11.1 Å². The number of carboxylic acid groups (broad SMARTS) is 1. The number of rotatable bonds is 7. The first-order valence-electron chi connectivity index (χ1n) is 9.10. The number of amides is 1. The Balaban J connectivity index is 2.04. The first kappa shape index (κ1) is 21.1. The number of thiophene rings is 1. The highest BCUT2D eigenvalue weighted by molar-refractivity contribution is 7.92. The van der Waals surface area contributed by atoms with Crippen LogP contribution in [0.4, 0.5) is 4.79 Å². The molecule has 1 amide bonds. The van der Waals surface area contributed by atoms with Crippen molar-refractivity contribution in [2.24, 2.45) is 5.92 Å². The van der Waals surface area contributed by atoms with Gasteiger partial charge < -0.3 is 9.67 Å². The molecule has 0 unspecified atom stereocenters. The first-order valence-corrected chi connectivity index (χ1v) is 11.4. The minimum absolute atomic E-state index is 0.0287. The van der Waals surface area contributed by atoms with E-state index in [0.717, 1.165) is 39.3 Å². The van der Waals surface area contributed by atoms with Gasteiger partial charge in [-0.05, 0) is 42.0 Å². The summed E-state index contributed by atoms with van der Waals surface area (Å²) >= 11 is 1.12. The Hall–Kier alpha value is -2.65. The molecule has 0 bridgehead atoms. The summed E-state index contributed by atoms with van der Waals surface area (Å²) in [7, 11) is -4.16. The Labute approximate surface area is 174 Å². The van der Waals surface area contributed by atoms with Gasteiger partial charge in [0.05, 0.1) is 6.33 Å². The Morgan fingerprint density at radius 1 is 1.28 bits per heavy atom. The average Bonchev–Trinajstić information content (AvgIpc) is 3.23. The van der Waals surface area contributed by atoms with Gasteiger partial charge in [0.2, 0.25) is 0 Å². The van der Waals surface area contributed by atoms with Crippen LogP contribution in [0.5, 0.6) is 0 Å². The molecule has 9 heteroatoms. The molecule has 0 saturated heterocycles. The Bertz CT molecular complexity index is 1120. The zero-order valence-corrected chi connectivity index (χ0v) is 18.0. The van der Waals surface area contributed by atoms with Crippen molar-refractivity contribution in [3.8, 4) is 11.1 Å². The highest BCUT2D eigenvalue weighted by Gasteiger charge is 2.26. The Morgan fingerprint density at radius 2 is 2.03 bits per heavy atom. The van der Waals surface area contributed by atoms with Crippen molar-refractivity contribution in [2.75, 3.05) is 0 Å². The summed E-state index contributed by atoms with van der Waals surface area (Å²) in [5, 5.41) is 8.94. The zero-order chi connectivity index (χ0) is 21.2. The van der Waals surface area contributed by atoms with Crippen molar-refractivity contribution >= 4 is 27.5 Å².